The Morgan fingerprint density at radius 1 is 1.08 bits per heavy atom. The summed E-state index contributed by atoms with van der Waals surface area (Å²) in [5, 5.41) is 9.24. The molecule has 1 fully saturated rings. The summed E-state index contributed by atoms with van der Waals surface area (Å²) in [4.78, 5) is 11.2. The van der Waals surface area contributed by atoms with Gasteiger partial charge in [0.1, 0.15) is 0 Å². The van der Waals surface area contributed by atoms with E-state index in [2.05, 4.69) is 27.7 Å². The average Bonchev–Trinajstić information content (AvgIpc) is 2.12. The first kappa shape index (κ1) is 10.6. The van der Waals surface area contributed by atoms with Gasteiger partial charge in [0.15, 0.2) is 0 Å². The molecule has 0 heterocycles. The van der Waals surface area contributed by atoms with Crippen molar-refractivity contribution in [1.82, 2.24) is 0 Å². The van der Waals surface area contributed by atoms with E-state index >= 15 is 0 Å². The standard InChI is InChI=1S/C11H20O2/c1-9(2)6-7-11(5,8(12)13)10(9,3)4/h6-7H2,1-5H3,(H,12,13). The Kier molecular flexibility index (Phi) is 2.02. The lowest BCUT2D eigenvalue weighted by molar-refractivity contribution is -0.156. The van der Waals surface area contributed by atoms with Crippen LogP contribution in [0.15, 0.2) is 0 Å². The Labute approximate surface area is 80.3 Å². The van der Waals surface area contributed by atoms with Gasteiger partial charge in [-0.15, -0.1) is 0 Å². The molecule has 0 aromatic carbocycles. The van der Waals surface area contributed by atoms with Crippen LogP contribution in [-0.2, 0) is 4.79 Å². The van der Waals surface area contributed by atoms with Crippen LogP contribution in [0.4, 0.5) is 0 Å². The van der Waals surface area contributed by atoms with Crippen molar-refractivity contribution in [2.75, 3.05) is 0 Å². The topological polar surface area (TPSA) is 37.3 Å². The van der Waals surface area contributed by atoms with Crippen molar-refractivity contribution >= 4 is 5.97 Å². The van der Waals surface area contributed by atoms with Crippen molar-refractivity contribution in [3.8, 4) is 0 Å². The van der Waals surface area contributed by atoms with Gasteiger partial charge in [-0.3, -0.25) is 4.79 Å². The van der Waals surface area contributed by atoms with Crippen LogP contribution in [0.1, 0.15) is 47.5 Å². The van der Waals surface area contributed by atoms with Crippen LogP contribution in [-0.4, -0.2) is 11.1 Å². The second-order valence-electron chi connectivity index (χ2n) is 5.65. The summed E-state index contributed by atoms with van der Waals surface area (Å²) < 4.78 is 0. The van der Waals surface area contributed by atoms with Crippen molar-refractivity contribution in [3.05, 3.63) is 0 Å². The van der Waals surface area contributed by atoms with Crippen molar-refractivity contribution in [3.63, 3.8) is 0 Å². The average molecular weight is 184 g/mol. The molecule has 1 rings (SSSR count). The van der Waals surface area contributed by atoms with Crippen LogP contribution >= 0.6 is 0 Å². The van der Waals surface area contributed by atoms with Gasteiger partial charge in [-0.1, -0.05) is 27.7 Å². The molecule has 0 bridgehead atoms. The molecule has 0 amide bonds. The van der Waals surface area contributed by atoms with Gasteiger partial charge in [-0.25, -0.2) is 0 Å². The monoisotopic (exact) mass is 184 g/mol. The fourth-order valence-corrected chi connectivity index (χ4v) is 2.31. The number of carboxylic acids is 1. The minimum atomic E-state index is -0.650. The number of carboxylic acid groups (broad SMARTS) is 1. The van der Waals surface area contributed by atoms with Crippen LogP contribution in [0.3, 0.4) is 0 Å². The van der Waals surface area contributed by atoms with Crippen LogP contribution < -0.4 is 0 Å². The third-order valence-corrected chi connectivity index (χ3v) is 4.79. The van der Waals surface area contributed by atoms with Crippen molar-refractivity contribution in [2.24, 2.45) is 16.2 Å². The summed E-state index contributed by atoms with van der Waals surface area (Å²) in [5.74, 6) is -0.650. The van der Waals surface area contributed by atoms with Gasteiger partial charge in [0.05, 0.1) is 5.41 Å². The SMILES string of the molecule is CC1(C)CCC(C)(C(=O)O)C1(C)C. The van der Waals surface area contributed by atoms with Gasteiger partial charge >= 0.3 is 5.97 Å². The summed E-state index contributed by atoms with van der Waals surface area (Å²) >= 11 is 0. The molecule has 13 heavy (non-hydrogen) atoms. The first-order chi connectivity index (χ1) is 5.65. The molecule has 0 aliphatic heterocycles. The second kappa shape index (κ2) is 2.49. The van der Waals surface area contributed by atoms with E-state index in [1.165, 1.54) is 0 Å². The van der Waals surface area contributed by atoms with E-state index in [1.54, 1.807) is 0 Å². The molecule has 1 saturated carbocycles. The first-order valence-corrected chi connectivity index (χ1v) is 4.88. The van der Waals surface area contributed by atoms with E-state index in [0.29, 0.717) is 0 Å². The second-order valence-corrected chi connectivity index (χ2v) is 5.65. The van der Waals surface area contributed by atoms with Gasteiger partial charge in [0.2, 0.25) is 0 Å². The van der Waals surface area contributed by atoms with Gasteiger partial charge in [-0.2, -0.15) is 0 Å². The maximum Gasteiger partial charge on any atom is 0.309 e. The molecule has 1 unspecified atom stereocenters. The Morgan fingerprint density at radius 2 is 1.54 bits per heavy atom. The van der Waals surface area contributed by atoms with Crippen LogP contribution in [0.5, 0.6) is 0 Å². The summed E-state index contributed by atoms with van der Waals surface area (Å²) in [5.41, 5.74) is -0.567. The maximum atomic E-state index is 11.2. The lowest BCUT2D eigenvalue weighted by Crippen LogP contribution is -2.43. The van der Waals surface area contributed by atoms with Crippen LogP contribution in [0, 0.1) is 16.2 Å². The van der Waals surface area contributed by atoms with Crippen LogP contribution in [0.25, 0.3) is 0 Å². The fourth-order valence-electron chi connectivity index (χ4n) is 2.31. The van der Waals surface area contributed by atoms with E-state index in [0.717, 1.165) is 12.8 Å². The zero-order chi connectivity index (χ0) is 10.5. The van der Waals surface area contributed by atoms with Crippen molar-refractivity contribution in [2.45, 2.75) is 47.5 Å². The quantitative estimate of drug-likeness (QED) is 0.680. The predicted octanol–water partition coefficient (Wildman–Crippen LogP) is 2.92. The normalized spacial score (nSPS) is 36.1. The zero-order valence-electron chi connectivity index (χ0n) is 9.27. The Morgan fingerprint density at radius 3 is 1.69 bits per heavy atom. The molecule has 0 aromatic rings. The smallest absolute Gasteiger partial charge is 0.309 e. The van der Waals surface area contributed by atoms with Crippen molar-refractivity contribution < 1.29 is 9.90 Å². The van der Waals surface area contributed by atoms with Gasteiger partial charge in [0, 0.05) is 0 Å². The minimum absolute atomic E-state index is 0.125. The molecule has 0 aromatic heterocycles. The van der Waals surface area contributed by atoms with Gasteiger partial charge in [0.25, 0.3) is 0 Å². The molecule has 0 radical (unpaired) electrons. The van der Waals surface area contributed by atoms with E-state index in [-0.39, 0.29) is 10.8 Å². The minimum Gasteiger partial charge on any atom is -0.481 e. The third kappa shape index (κ3) is 1.11. The third-order valence-electron chi connectivity index (χ3n) is 4.79. The van der Waals surface area contributed by atoms with E-state index in [9.17, 15) is 9.90 Å². The largest absolute Gasteiger partial charge is 0.481 e. The Balaban J connectivity index is 3.14. The molecule has 2 nitrogen and oxygen atoms in total. The fraction of sp³-hybridized carbons (Fsp3) is 0.909. The number of carbonyl (C=O) groups is 1. The Bertz CT molecular complexity index is 240. The number of hydrogen-bond acceptors (Lipinski definition) is 1. The van der Waals surface area contributed by atoms with Crippen LogP contribution in [0.2, 0.25) is 0 Å². The van der Waals surface area contributed by atoms with E-state index in [4.69, 9.17) is 0 Å². The summed E-state index contributed by atoms with van der Waals surface area (Å²) in [6, 6.07) is 0. The number of rotatable bonds is 1. The number of aliphatic carboxylic acids is 1. The summed E-state index contributed by atoms with van der Waals surface area (Å²) in [6.07, 6.45) is 1.80. The van der Waals surface area contributed by atoms with Gasteiger partial charge < -0.3 is 5.11 Å². The Hall–Kier alpha value is -0.530. The number of hydrogen-bond donors (Lipinski definition) is 1. The van der Waals surface area contributed by atoms with E-state index in [1.807, 2.05) is 6.92 Å². The molecule has 0 spiro atoms. The predicted molar refractivity (Wildman–Crippen MR) is 52.5 cm³/mol. The highest BCUT2D eigenvalue weighted by atomic mass is 16.4. The molecule has 1 N–H and O–H groups in total. The highest BCUT2D eigenvalue weighted by Crippen LogP contribution is 2.62. The molecule has 2 heteroatoms. The summed E-state index contributed by atoms with van der Waals surface area (Å²) in [7, 11) is 0. The molecular weight excluding hydrogens is 164 g/mol. The van der Waals surface area contributed by atoms with E-state index < -0.39 is 11.4 Å². The molecule has 76 valence electrons. The first-order valence-electron chi connectivity index (χ1n) is 4.88. The maximum absolute atomic E-state index is 11.2. The highest BCUT2D eigenvalue weighted by Gasteiger charge is 2.59. The lowest BCUT2D eigenvalue weighted by atomic mass is 9.60. The highest BCUT2D eigenvalue weighted by molar-refractivity contribution is 5.76. The van der Waals surface area contributed by atoms with Gasteiger partial charge in [-0.05, 0) is 30.6 Å². The summed E-state index contributed by atoms with van der Waals surface area (Å²) in [6.45, 7) is 10.4. The molecule has 1 aliphatic rings. The zero-order valence-corrected chi connectivity index (χ0v) is 9.27. The van der Waals surface area contributed by atoms with Crippen molar-refractivity contribution in [1.29, 1.82) is 0 Å². The molecule has 0 saturated heterocycles. The lowest BCUT2D eigenvalue weighted by Gasteiger charge is -2.43. The molecule has 1 atom stereocenters. The molecule has 1 aliphatic carbocycles. The molecular formula is C11H20O2.